The maximum atomic E-state index is 10.7. The zero-order chi connectivity index (χ0) is 9.35. The summed E-state index contributed by atoms with van der Waals surface area (Å²) in [6.45, 7) is 0. The van der Waals surface area contributed by atoms with Gasteiger partial charge in [0.2, 0.25) is 0 Å². The number of hydrogen-bond acceptors (Lipinski definition) is 2. The third kappa shape index (κ3) is 1.78. The van der Waals surface area contributed by atoms with Gasteiger partial charge in [0.15, 0.2) is 0 Å². The van der Waals surface area contributed by atoms with E-state index in [4.69, 9.17) is 0 Å². The third-order valence-electron chi connectivity index (χ3n) is 2.78. The molecule has 70 valence electrons. The van der Waals surface area contributed by atoms with Crippen LogP contribution in [-0.4, -0.2) is 37.6 Å². The lowest BCUT2D eigenvalue weighted by Crippen LogP contribution is -2.51. The van der Waals surface area contributed by atoms with E-state index in [9.17, 15) is 9.90 Å². The van der Waals surface area contributed by atoms with Gasteiger partial charge in [-0.05, 0) is 12.8 Å². The third-order valence-corrected chi connectivity index (χ3v) is 2.78. The predicted octanol–water partition coefficient (Wildman–Crippen LogP) is -0.389. The van der Waals surface area contributed by atoms with Gasteiger partial charge in [-0.2, -0.15) is 0 Å². The number of aliphatic carboxylic acids is 1. The Bertz CT molecular complexity index is 183. The van der Waals surface area contributed by atoms with E-state index in [2.05, 4.69) is 0 Å². The molecule has 1 fully saturated rings. The first-order valence-electron chi connectivity index (χ1n) is 4.45. The van der Waals surface area contributed by atoms with Crippen molar-refractivity contribution in [1.82, 2.24) is 0 Å². The Morgan fingerprint density at radius 3 is 2.25 bits per heavy atom. The molecule has 0 bridgehead atoms. The zero-order valence-corrected chi connectivity index (χ0v) is 8.04. The molecule has 2 unspecified atom stereocenters. The fourth-order valence-electron chi connectivity index (χ4n) is 2.14. The van der Waals surface area contributed by atoms with E-state index in [1.54, 1.807) is 0 Å². The summed E-state index contributed by atoms with van der Waals surface area (Å²) in [4.78, 5) is 10.7. The Kier molecular flexibility index (Phi) is 2.42. The minimum absolute atomic E-state index is 0.231. The van der Waals surface area contributed by atoms with Crippen molar-refractivity contribution in [2.45, 2.75) is 25.3 Å². The van der Waals surface area contributed by atoms with Crippen molar-refractivity contribution in [2.24, 2.45) is 5.92 Å². The van der Waals surface area contributed by atoms with Crippen LogP contribution in [0.25, 0.3) is 0 Å². The number of rotatable bonds is 2. The van der Waals surface area contributed by atoms with Crippen LogP contribution in [0.2, 0.25) is 0 Å². The fourth-order valence-corrected chi connectivity index (χ4v) is 2.14. The number of nitrogens with zero attached hydrogens (tertiary/aromatic N) is 1. The van der Waals surface area contributed by atoms with Gasteiger partial charge in [0.25, 0.3) is 0 Å². The summed E-state index contributed by atoms with van der Waals surface area (Å²) in [7, 11) is 6.14. The molecule has 1 aliphatic carbocycles. The molecular weight excluding hydrogens is 154 g/mol. The zero-order valence-electron chi connectivity index (χ0n) is 8.04. The van der Waals surface area contributed by atoms with Crippen LogP contribution in [0, 0.1) is 5.92 Å². The van der Waals surface area contributed by atoms with Crippen LogP contribution in [-0.2, 0) is 4.79 Å². The van der Waals surface area contributed by atoms with Crippen LogP contribution < -0.4 is 5.11 Å². The van der Waals surface area contributed by atoms with Crippen LogP contribution in [0.1, 0.15) is 19.3 Å². The number of carbonyl (C=O) groups excluding carboxylic acids is 1. The maximum absolute atomic E-state index is 10.7. The van der Waals surface area contributed by atoms with Crippen molar-refractivity contribution < 1.29 is 14.4 Å². The highest BCUT2D eigenvalue weighted by molar-refractivity contribution is 5.68. The fraction of sp³-hybridized carbons (Fsp3) is 0.889. The van der Waals surface area contributed by atoms with Crippen molar-refractivity contribution in [3.8, 4) is 0 Å². The molecule has 1 saturated carbocycles. The van der Waals surface area contributed by atoms with E-state index in [-0.39, 0.29) is 12.0 Å². The predicted molar refractivity (Wildman–Crippen MR) is 44.2 cm³/mol. The first-order valence-corrected chi connectivity index (χ1v) is 4.45. The molecule has 3 nitrogen and oxygen atoms in total. The van der Waals surface area contributed by atoms with Crippen LogP contribution in [0.3, 0.4) is 0 Å². The highest BCUT2D eigenvalue weighted by atomic mass is 16.4. The molecule has 0 aromatic heterocycles. The summed E-state index contributed by atoms with van der Waals surface area (Å²) in [6, 6.07) is 0.245. The number of hydrogen-bond donors (Lipinski definition) is 0. The summed E-state index contributed by atoms with van der Waals surface area (Å²) in [6.07, 6.45) is 2.84. The Morgan fingerprint density at radius 2 is 1.92 bits per heavy atom. The molecule has 12 heavy (non-hydrogen) atoms. The molecule has 0 amide bonds. The van der Waals surface area contributed by atoms with Crippen molar-refractivity contribution in [2.75, 3.05) is 21.1 Å². The van der Waals surface area contributed by atoms with Gasteiger partial charge in [0.05, 0.1) is 39.1 Å². The first-order chi connectivity index (χ1) is 5.43. The van der Waals surface area contributed by atoms with E-state index >= 15 is 0 Å². The Labute approximate surface area is 73.6 Å². The Balaban J connectivity index is 2.71. The number of carboxylic acids is 1. The van der Waals surface area contributed by atoms with Crippen molar-refractivity contribution in [1.29, 1.82) is 0 Å². The van der Waals surface area contributed by atoms with Crippen molar-refractivity contribution >= 4 is 5.97 Å². The van der Waals surface area contributed by atoms with E-state index in [1.807, 2.05) is 21.1 Å². The normalized spacial score (nSPS) is 30.6. The van der Waals surface area contributed by atoms with E-state index in [1.165, 1.54) is 0 Å². The van der Waals surface area contributed by atoms with Crippen molar-refractivity contribution in [3.05, 3.63) is 0 Å². The minimum Gasteiger partial charge on any atom is -0.550 e. The summed E-state index contributed by atoms with van der Waals surface area (Å²) < 4.78 is 0.735. The molecule has 1 rings (SSSR count). The molecular formula is C9H17NO2. The van der Waals surface area contributed by atoms with Crippen LogP contribution in [0.4, 0.5) is 0 Å². The number of carbonyl (C=O) groups is 1. The average Bonchev–Trinajstić information content (AvgIpc) is 2.30. The Hall–Kier alpha value is -0.570. The average molecular weight is 171 g/mol. The first kappa shape index (κ1) is 9.52. The lowest BCUT2D eigenvalue weighted by atomic mass is 10.0. The van der Waals surface area contributed by atoms with Crippen LogP contribution >= 0.6 is 0 Å². The van der Waals surface area contributed by atoms with Crippen LogP contribution in [0.15, 0.2) is 0 Å². The molecule has 3 heteroatoms. The highest BCUT2D eigenvalue weighted by Gasteiger charge is 2.37. The second kappa shape index (κ2) is 3.05. The van der Waals surface area contributed by atoms with E-state index < -0.39 is 5.97 Å². The molecule has 0 radical (unpaired) electrons. The summed E-state index contributed by atoms with van der Waals surface area (Å²) in [5.41, 5.74) is 0. The maximum Gasteiger partial charge on any atom is 0.0965 e. The highest BCUT2D eigenvalue weighted by Crippen LogP contribution is 2.30. The molecule has 0 saturated heterocycles. The van der Waals surface area contributed by atoms with Gasteiger partial charge >= 0.3 is 0 Å². The molecule has 0 aromatic rings. The SMILES string of the molecule is C[N+](C)(C)C1CCCC1C(=O)[O-]. The second-order valence-electron chi connectivity index (χ2n) is 4.54. The Morgan fingerprint density at radius 1 is 1.33 bits per heavy atom. The lowest BCUT2D eigenvalue weighted by Gasteiger charge is -2.35. The smallest absolute Gasteiger partial charge is 0.0965 e. The molecule has 2 atom stereocenters. The standard InChI is InChI=1S/C9H17NO2/c1-10(2,3)8-6-4-5-7(8)9(11)12/h7-8H,4-6H2,1-3H3. The van der Waals surface area contributed by atoms with Gasteiger partial charge in [-0.3, -0.25) is 0 Å². The van der Waals surface area contributed by atoms with Gasteiger partial charge in [0.1, 0.15) is 0 Å². The van der Waals surface area contributed by atoms with Gasteiger partial charge in [-0.1, -0.05) is 0 Å². The number of quaternary nitrogens is 1. The summed E-state index contributed by atoms with van der Waals surface area (Å²) in [5.74, 6) is -1.10. The monoisotopic (exact) mass is 171 g/mol. The van der Waals surface area contributed by atoms with Gasteiger partial charge < -0.3 is 14.4 Å². The van der Waals surface area contributed by atoms with E-state index in [0.717, 1.165) is 23.7 Å². The molecule has 0 N–H and O–H groups in total. The van der Waals surface area contributed by atoms with Gasteiger partial charge in [-0.15, -0.1) is 0 Å². The molecule has 0 aromatic carbocycles. The topological polar surface area (TPSA) is 40.1 Å². The quantitative estimate of drug-likeness (QED) is 0.531. The molecule has 0 aliphatic heterocycles. The summed E-state index contributed by atoms with van der Waals surface area (Å²) in [5, 5.41) is 10.7. The molecule has 0 spiro atoms. The minimum atomic E-state index is -0.870. The number of carboxylic acid groups (broad SMARTS) is 1. The molecule has 0 heterocycles. The summed E-state index contributed by atoms with van der Waals surface area (Å²) >= 11 is 0. The van der Waals surface area contributed by atoms with Gasteiger partial charge in [0, 0.05) is 6.42 Å². The van der Waals surface area contributed by atoms with Gasteiger partial charge in [-0.25, -0.2) is 0 Å². The van der Waals surface area contributed by atoms with Crippen LogP contribution in [0.5, 0.6) is 0 Å². The van der Waals surface area contributed by atoms with E-state index in [0.29, 0.717) is 0 Å². The second-order valence-corrected chi connectivity index (χ2v) is 4.54. The lowest BCUT2D eigenvalue weighted by molar-refractivity contribution is -0.898. The largest absolute Gasteiger partial charge is 0.550 e. The van der Waals surface area contributed by atoms with Crippen molar-refractivity contribution in [3.63, 3.8) is 0 Å². The molecule has 1 aliphatic rings.